The summed E-state index contributed by atoms with van der Waals surface area (Å²) in [6.07, 6.45) is 10.5. The van der Waals surface area contributed by atoms with Gasteiger partial charge in [0.15, 0.2) is 5.82 Å². The second kappa shape index (κ2) is 4.49. The maximum atomic E-state index is 4.03. The van der Waals surface area contributed by atoms with Gasteiger partial charge >= 0.3 is 0 Å². The second-order valence-corrected chi connectivity index (χ2v) is 2.09. The molecule has 0 bridgehead atoms. The van der Waals surface area contributed by atoms with Crippen LogP contribution in [0.5, 0.6) is 0 Å². The van der Waals surface area contributed by atoms with Crippen LogP contribution in [0.25, 0.3) is 12.3 Å². The molecule has 0 N–H and O–H groups in total. The van der Waals surface area contributed by atoms with Crippen LogP contribution in [0.1, 0.15) is 26.1 Å². The van der Waals surface area contributed by atoms with Crippen molar-refractivity contribution in [3.8, 4) is 0 Å². The third kappa shape index (κ3) is 1.81. The Hall–Kier alpha value is -1.38. The molecule has 0 saturated carbocycles. The predicted octanol–water partition coefficient (Wildman–Crippen LogP) is 2.19. The van der Waals surface area contributed by atoms with E-state index in [0.717, 1.165) is 12.2 Å². The molecule has 0 aliphatic carbocycles. The number of allylic oxidation sites excluding steroid dienone is 2. The van der Waals surface area contributed by atoms with E-state index in [1.807, 2.05) is 32.2 Å². The highest BCUT2D eigenvalue weighted by atomic mass is 15.3. The summed E-state index contributed by atoms with van der Waals surface area (Å²) in [4.78, 5) is 4.03. The quantitative estimate of drug-likeness (QED) is 0.587. The van der Waals surface area contributed by atoms with Gasteiger partial charge in [-0.1, -0.05) is 26.0 Å². The molecule has 1 aromatic heterocycles. The lowest BCUT2D eigenvalue weighted by atomic mass is 10.4. The molecule has 0 spiro atoms. The van der Waals surface area contributed by atoms with Crippen LogP contribution in [0.15, 0.2) is 18.5 Å². The van der Waals surface area contributed by atoms with Crippen LogP contribution in [-0.4, -0.2) is 14.8 Å². The van der Waals surface area contributed by atoms with Gasteiger partial charge in [-0.05, 0) is 12.5 Å². The van der Waals surface area contributed by atoms with Crippen LogP contribution in [0.3, 0.4) is 0 Å². The van der Waals surface area contributed by atoms with E-state index in [2.05, 4.69) is 16.2 Å². The summed E-state index contributed by atoms with van der Waals surface area (Å²) < 4.78 is 1.75. The van der Waals surface area contributed by atoms with E-state index in [9.17, 15) is 0 Å². The first kappa shape index (κ1) is 8.71. The van der Waals surface area contributed by atoms with Crippen molar-refractivity contribution in [3.63, 3.8) is 0 Å². The molecule has 0 amide bonds. The second-order valence-electron chi connectivity index (χ2n) is 2.09. The maximum Gasteiger partial charge on any atom is 0.154 e. The summed E-state index contributed by atoms with van der Waals surface area (Å²) in [5, 5.41) is 3.98. The van der Waals surface area contributed by atoms with Gasteiger partial charge in [0.05, 0.1) is 0 Å². The number of aromatic nitrogens is 3. The molecule has 64 valence electrons. The zero-order valence-corrected chi connectivity index (χ0v) is 7.44. The molecule has 0 saturated heterocycles. The summed E-state index contributed by atoms with van der Waals surface area (Å²) >= 11 is 0. The molecule has 1 aromatic rings. The molecule has 0 aromatic carbocycles. The highest BCUT2D eigenvalue weighted by Crippen LogP contribution is 2.03. The summed E-state index contributed by atoms with van der Waals surface area (Å²) in [6.45, 7) is 4.00. The lowest BCUT2D eigenvalue weighted by Crippen LogP contribution is -1.90. The Kier molecular flexibility index (Phi) is 3.26. The van der Waals surface area contributed by atoms with E-state index in [1.54, 1.807) is 11.0 Å². The summed E-state index contributed by atoms with van der Waals surface area (Å²) in [6, 6.07) is 0. The molecule has 3 nitrogen and oxygen atoms in total. The van der Waals surface area contributed by atoms with Crippen molar-refractivity contribution in [1.29, 1.82) is 0 Å². The molecule has 3 heteroatoms. The lowest BCUT2D eigenvalue weighted by molar-refractivity contribution is 0.922. The Balaban J connectivity index is 0.000000336. The smallest absolute Gasteiger partial charge is 0.154 e. The molecule has 1 aliphatic rings. The third-order valence-electron chi connectivity index (χ3n) is 1.39. The van der Waals surface area contributed by atoms with Crippen molar-refractivity contribution in [2.24, 2.45) is 0 Å². The molecular formula is C9H13N3. The van der Waals surface area contributed by atoms with Gasteiger partial charge in [-0.2, -0.15) is 5.10 Å². The van der Waals surface area contributed by atoms with Crippen molar-refractivity contribution >= 4 is 12.3 Å². The van der Waals surface area contributed by atoms with Crippen LogP contribution in [0.2, 0.25) is 0 Å². The van der Waals surface area contributed by atoms with Crippen molar-refractivity contribution in [2.75, 3.05) is 0 Å². The molecule has 0 radical (unpaired) electrons. The third-order valence-corrected chi connectivity index (χ3v) is 1.39. The Bertz CT molecular complexity index is 257. The Morgan fingerprint density at radius 1 is 1.33 bits per heavy atom. The standard InChI is InChI=1S/C7H7N3.C2H6/c1-2-4-7-8-6-9-10(7)5-3-1;1-2/h2-6H,1H2;1-2H3. The van der Waals surface area contributed by atoms with E-state index in [4.69, 9.17) is 0 Å². The van der Waals surface area contributed by atoms with E-state index in [1.165, 1.54) is 0 Å². The van der Waals surface area contributed by atoms with Gasteiger partial charge in [0.25, 0.3) is 0 Å². The fourth-order valence-corrected chi connectivity index (χ4v) is 0.906. The van der Waals surface area contributed by atoms with Crippen molar-refractivity contribution in [1.82, 2.24) is 14.8 Å². The normalized spacial score (nSPS) is 12.8. The summed E-state index contributed by atoms with van der Waals surface area (Å²) in [5.41, 5.74) is 0. The van der Waals surface area contributed by atoms with Gasteiger partial charge in [-0.25, -0.2) is 9.67 Å². The zero-order valence-electron chi connectivity index (χ0n) is 7.44. The molecule has 0 fully saturated rings. The molecule has 2 heterocycles. The monoisotopic (exact) mass is 163 g/mol. The minimum absolute atomic E-state index is 0.897. The number of hydrogen-bond acceptors (Lipinski definition) is 2. The lowest BCUT2D eigenvalue weighted by Gasteiger charge is -1.88. The number of hydrogen-bond donors (Lipinski definition) is 0. The van der Waals surface area contributed by atoms with Crippen LogP contribution in [0.4, 0.5) is 0 Å². The van der Waals surface area contributed by atoms with Crippen LogP contribution in [-0.2, 0) is 0 Å². The average molecular weight is 163 g/mol. The van der Waals surface area contributed by atoms with E-state index in [0.29, 0.717) is 0 Å². The average Bonchev–Trinajstić information content (AvgIpc) is 2.46. The first-order chi connectivity index (χ1) is 5.97. The van der Waals surface area contributed by atoms with Crippen LogP contribution < -0.4 is 0 Å². The maximum absolute atomic E-state index is 4.03. The minimum atomic E-state index is 0.897. The zero-order chi connectivity index (χ0) is 8.81. The van der Waals surface area contributed by atoms with Crippen LogP contribution >= 0.6 is 0 Å². The minimum Gasteiger partial charge on any atom is -0.222 e. The first-order valence-electron chi connectivity index (χ1n) is 4.19. The van der Waals surface area contributed by atoms with Gasteiger partial charge in [0.1, 0.15) is 6.33 Å². The number of rotatable bonds is 0. The molecule has 0 unspecified atom stereocenters. The molecule has 1 aliphatic heterocycles. The van der Waals surface area contributed by atoms with Crippen molar-refractivity contribution in [2.45, 2.75) is 20.3 Å². The molecule has 2 rings (SSSR count). The van der Waals surface area contributed by atoms with Gasteiger partial charge in [0, 0.05) is 6.20 Å². The Morgan fingerprint density at radius 2 is 2.17 bits per heavy atom. The van der Waals surface area contributed by atoms with E-state index in [-0.39, 0.29) is 0 Å². The molecule has 12 heavy (non-hydrogen) atoms. The van der Waals surface area contributed by atoms with Gasteiger partial charge in [-0.15, -0.1) is 0 Å². The first-order valence-corrected chi connectivity index (χ1v) is 4.19. The molecular weight excluding hydrogens is 150 g/mol. The van der Waals surface area contributed by atoms with E-state index < -0.39 is 0 Å². The van der Waals surface area contributed by atoms with Gasteiger partial charge < -0.3 is 0 Å². The Morgan fingerprint density at radius 3 is 3.00 bits per heavy atom. The SMILES string of the molecule is C1=Cc2ncnn2C=CC1.CC. The van der Waals surface area contributed by atoms with Crippen molar-refractivity contribution in [3.05, 3.63) is 24.3 Å². The van der Waals surface area contributed by atoms with Crippen molar-refractivity contribution < 1.29 is 0 Å². The van der Waals surface area contributed by atoms with Crippen LogP contribution in [0, 0.1) is 0 Å². The highest BCUT2D eigenvalue weighted by Gasteiger charge is 1.96. The fourth-order valence-electron chi connectivity index (χ4n) is 0.906. The predicted molar refractivity (Wildman–Crippen MR) is 50.4 cm³/mol. The summed E-state index contributed by atoms with van der Waals surface area (Å²) in [5.74, 6) is 0.897. The van der Waals surface area contributed by atoms with Gasteiger partial charge in [0.2, 0.25) is 0 Å². The largest absolute Gasteiger partial charge is 0.222 e. The molecule has 0 atom stereocenters. The Labute approximate surface area is 72.4 Å². The number of fused-ring (bicyclic) bond motifs is 1. The highest BCUT2D eigenvalue weighted by molar-refractivity contribution is 5.46. The fraction of sp³-hybridized carbons (Fsp3) is 0.333. The summed E-state index contributed by atoms with van der Waals surface area (Å²) in [7, 11) is 0. The topological polar surface area (TPSA) is 30.7 Å². The number of nitrogens with zero attached hydrogens (tertiary/aromatic N) is 3. The van der Waals surface area contributed by atoms with E-state index >= 15 is 0 Å². The van der Waals surface area contributed by atoms with Gasteiger partial charge in [-0.3, -0.25) is 0 Å².